The van der Waals surface area contributed by atoms with Gasteiger partial charge in [0.15, 0.2) is 5.11 Å². The van der Waals surface area contributed by atoms with E-state index in [1.54, 1.807) is 11.3 Å². The van der Waals surface area contributed by atoms with E-state index in [9.17, 15) is 0 Å². The summed E-state index contributed by atoms with van der Waals surface area (Å²) in [7, 11) is 1.84. The minimum Gasteiger partial charge on any atom is -0.366 e. The first-order valence-corrected chi connectivity index (χ1v) is 6.08. The maximum Gasteiger partial charge on any atom is 0.166 e. The van der Waals surface area contributed by atoms with Gasteiger partial charge in [-0.2, -0.15) is 0 Å². The van der Waals surface area contributed by atoms with Gasteiger partial charge in [0.25, 0.3) is 0 Å². The van der Waals surface area contributed by atoms with Crippen LogP contribution in [0.2, 0.25) is 0 Å². The molecule has 1 rings (SSSR count). The molecule has 78 valence electrons. The van der Waals surface area contributed by atoms with E-state index in [2.05, 4.69) is 35.1 Å². The fraction of sp³-hybridized carbons (Fsp3) is 0.500. The Morgan fingerprint density at radius 3 is 2.93 bits per heavy atom. The van der Waals surface area contributed by atoms with Crippen molar-refractivity contribution in [3.05, 3.63) is 22.4 Å². The lowest BCUT2D eigenvalue weighted by Gasteiger charge is -2.18. The molecular formula is C10H16N2S2. The quantitative estimate of drug-likeness (QED) is 0.775. The zero-order valence-corrected chi connectivity index (χ0v) is 10.2. The van der Waals surface area contributed by atoms with Crippen LogP contribution in [-0.2, 0) is 0 Å². The van der Waals surface area contributed by atoms with E-state index in [4.69, 9.17) is 12.2 Å². The molecule has 1 aromatic rings. The molecule has 0 aliphatic carbocycles. The second-order valence-corrected chi connectivity index (χ2v) is 4.47. The average molecular weight is 228 g/mol. The molecule has 14 heavy (non-hydrogen) atoms. The number of thiophene rings is 1. The van der Waals surface area contributed by atoms with Crippen molar-refractivity contribution in [1.29, 1.82) is 0 Å². The standard InChI is InChI=1S/C10H16N2S2/c1-3-5-8(12-10(13)11-2)9-6-4-7-14-9/h4,6-8H,3,5H2,1-2H3,(H2,11,12,13). The topological polar surface area (TPSA) is 24.1 Å². The van der Waals surface area contributed by atoms with E-state index in [0.29, 0.717) is 6.04 Å². The van der Waals surface area contributed by atoms with Gasteiger partial charge in [-0.25, -0.2) is 0 Å². The molecular weight excluding hydrogens is 212 g/mol. The Morgan fingerprint density at radius 2 is 2.43 bits per heavy atom. The fourth-order valence-electron chi connectivity index (χ4n) is 1.29. The molecule has 0 aliphatic rings. The molecule has 2 N–H and O–H groups in total. The van der Waals surface area contributed by atoms with Crippen LogP contribution >= 0.6 is 23.6 Å². The van der Waals surface area contributed by atoms with Crippen molar-refractivity contribution in [2.45, 2.75) is 25.8 Å². The molecule has 1 unspecified atom stereocenters. The first-order chi connectivity index (χ1) is 6.77. The van der Waals surface area contributed by atoms with Crippen molar-refractivity contribution in [1.82, 2.24) is 10.6 Å². The van der Waals surface area contributed by atoms with Crippen molar-refractivity contribution in [3.63, 3.8) is 0 Å². The van der Waals surface area contributed by atoms with E-state index in [1.165, 1.54) is 4.88 Å². The van der Waals surface area contributed by atoms with Crippen LogP contribution in [0.15, 0.2) is 17.5 Å². The largest absolute Gasteiger partial charge is 0.366 e. The van der Waals surface area contributed by atoms with Crippen LogP contribution in [0.25, 0.3) is 0 Å². The number of hydrogen-bond acceptors (Lipinski definition) is 2. The summed E-state index contributed by atoms with van der Waals surface area (Å²) in [5.74, 6) is 0. The maximum absolute atomic E-state index is 5.10. The molecule has 4 heteroatoms. The second kappa shape index (κ2) is 5.98. The minimum absolute atomic E-state index is 0.361. The second-order valence-electron chi connectivity index (χ2n) is 3.08. The van der Waals surface area contributed by atoms with Gasteiger partial charge in [-0.05, 0) is 30.1 Å². The Bertz CT molecular complexity index is 270. The number of nitrogens with one attached hydrogen (secondary N) is 2. The van der Waals surface area contributed by atoms with Crippen LogP contribution in [0.1, 0.15) is 30.7 Å². The highest BCUT2D eigenvalue weighted by atomic mass is 32.1. The van der Waals surface area contributed by atoms with E-state index in [-0.39, 0.29) is 0 Å². The molecule has 0 spiro atoms. The Hall–Kier alpha value is -0.610. The highest BCUT2D eigenvalue weighted by Gasteiger charge is 2.11. The first-order valence-electron chi connectivity index (χ1n) is 4.79. The van der Waals surface area contributed by atoms with Gasteiger partial charge in [0.05, 0.1) is 6.04 Å². The van der Waals surface area contributed by atoms with Gasteiger partial charge < -0.3 is 10.6 Å². The summed E-state index contributed by atoms with van der Waals surface area (Å²) in [6.07, 6.45) is 2.27. The zero-order chi connectivity index (χ0) is 10.4. The minimum atomic E-state index is 0.361. The molecule has 1 aromatic heterocycles. The summed E-state index contributed by atoms with van der Waals surface area (Å²) in [5.41, 5.74) is 0. The maximum atomic E-state index is 5.10. The Kier molecular flexibility index (Phi) is 4.90. The number of thiocarbonyl (C=S) groups is 1. The van der Waals surface area contributed by atoms with Gasteiger partial charge in [-0.3, -0.25) is 0 Å². The van der Waals surface area contributed by atoms with Crippen LogP contribution in [0.4, 0.5) is 0 Å². The summed E-state index contributed by atoms with van der Waals surface area (Å²) in [4.78, 5) is 1.35. The Labute approximate surface area is 94.7 Å². The van der Waals surface area contributed by atoms with E-state index >= 15 is 0 Å². The summed E-state index contributed by atoms with van der Waals surface area (Å²) in [5, 5.41) is 9.06. The van der Waals surface area contributed by atoms with Gasteiger partial charge >= 0.3 is 0 Å². The molecule has 0 amide bonds. The summed E-state index contributed by atoms with van der Waals surface area (Å²) in [6, 6.07) is 4.59. The molecule has 2 nitrogen and oxygen atoms in total. The van der Waals surface area contributed by atoms with Crippen LogP contribution in [0, 0.1) is 0 Å². The van der Waals surface area contributed by atoms with Crippen molar-refractivity contribution in [2.75, 3.05) is 7.05 Å². The van der Waals surface area contributed by atoms with Gasteiger partial charge in [0, 0.05) is 11.9 Å². The molecule has 0 aromatic carbocycles. The summed E-state index contributed by atoms with van der Waals surface area (Å²) < 4.78 is 0. The van der Waals surface area contributed by atoms with Crippen LogP contribution in [0.5, 0.6) is 0 Å². The molecule has 0 saturated carbocycles. The third kappa shape index (κ3) is 3.27. The summed E-state index contributed by atoms with van der Waals surface area (Å²) >= 11 is 6.88. The molecule has 0 radical (unpaired) electrons. The number of rotatable bonds is 4. The molecule has 0 saturated heterocycles. The highest BCUT2D eigenvalue weighted by molar-refractivity contribution is 7.80. The predicted molar refractivity (Wildman–Crippen MR) is 66.8 cm³/mol. The van der Waals surface area contributed by atoms with Crippen molar-refractivity contribution >= 4 is 28.7 Å². The van der Waals surface area contributed by atoms with E-state index in [1.807, 2.05) is 7.05 Å². The van der Waals surface area contributed by atoms with Gasteiger partial charge in [0.2, 0.25) is 0 Å². The van der Waals surface area contributed by atoms with Crippen LogP contribution < -0.4 is 10.6 Å². The first kappa shape index (κ1) is 11.5. The lowest BCUT2D eigenvalue weighted by Crippen LogP contribution is -2.35. The van der Waals surface area contributed by atoms with Crippen molar-refractivity contribution in [2.24, 2.45) is 0 Å². The lowest BCUT2D eigenvalue weighted by atomic mass is 10.1. The molecule has 0 bridgehead atoms. The third-order valence-corrected chi connectivity index (χ3v) is 3.30. The van der Waals surface area contributed by atoms with Crippen LogP contribution in [0.3, 0.4) is 0 Å². The Morgan fingerprint density at radius 1 is 1.64 bits per heavy atom. The normalized spacial score (nSPS) is 12.1. The average Bonchev–Trinajstić information content (AvgIpc) is 2.69. The lowest BCUT2D eigenvalue weighted by molar-refractivity contribution is 0.587. The van der Waals surface area contributed by atoms with E-state index in [0.717, 1.165) is 18.0 Å². The predicted octanol–water partition coefficient (Wildman–Crippen LogP) is 2.68. The zero-order valence-electron chi connectivity index (χ0n) is 8.54. The van der Waals surface area contributed by atoms with Gasteiger partial charge in [-0.15, -0.1) is 11.3 Å². The fourth-order valence-corrected chi connectivity index (χ4v) is 2.25. The number of hydrogen-bond donors (Lipinski definition) is 2. The highest BCUT2D eigenvalue weighted by Crippen LogP contribution is 2.22. The third-order valence-electron chi connectivity index (χ3n) is 2.00. The van der Waals surface area contributed by atoms with Gasteiger partial charge in [0.1, 0.15) is 0 Å². The van der Waals surface area contributed by atoms with Crippen molar-refractivity contribution < 1.29 is 0 Å². The smallest absolute Gasteiger partial charge is 0.166 e. The summed E-state index contributed by atoms with van der Waals surface area (Å²) in [6.45, 7) is 2.19. The monoisotopic (exact) mass is 228 g/mol. The van der Waals surface area contributed by atoms with Gasteiger partial charge in [-0.1, -0.05) is 19.4 Å². The SMILES string of the molecule is CCCC(NC(=S)NC)c1cccs1. The molecule has 0 aliphatic heterocycles. The van der Waals surface area contributed by atoms with E-state index < -0.39 is 0 Å². The molecule has 1 atom stereocenters. The molecule has 0 fully saturated rings. The molecule has 1 heterocycles. The Balaban J connectivity index is 2.60. The van der Waals surface area contributed by atoms with Crippen LogP contribution in [-0.4, -0.2) is 12.2 Å². The van der Waals surface area contributed by atoms with Crippen molar-refractivity contribution in [3.8, 4) is 0 Å².